The fourth-order valence-electron chi connectivity index (χ4n) is 1.95. The van der Waals surface area contributed by atoms with Crippen LogP contribution in [0.5, 0.6) is 0 Å². The van der Waals surface area contributed by atoms with Gasteiger partial charge >= 0.3 is 0 Å². The molecule has 1 saturated carbocycles. The maximum Gasteiger partial charge on any atom is 0.269 e. The second kappa shape index (κ2) is 4.97. The van der Waals surface area contributed by atoms with Crippen molar-refractivity contribution in [1.82, 2.24) is 5.32 Å². The van der Waals surface area contributed by atoms with E-state index in [1.54, 1.807) is 6.92 Å². The van der Waals surface area contributed by atoms with Crippen molar-refractivity contribution in [3.8, 4) is 0 Å². The molecule has 1 amide bonds. The number of amides is 1. The van der Waals surface area contributed by atoms with Gasteiger partial charge in [0.15, 0.2) is 0 Å². The van der Waals surface area contributed by atoms with E-state index >= 15 is 0 Å². The third-order valence-electron chi connectivity index (χ3n) is 3.40. The van der Waals surface area contributed by atoms with Gasteiger partial charge in [-0.2, -0.15) is 0 Å². The average Bonchev–Trinajstić information content (AvgIpc) is 3.20. The number of rotatable bonds is 5. The summed E-state index contributed by atoms with van der Waals surface area (Å²) in [6.07, 6.45) is 1.97. The molecule has 1 aromatic rings. The van der Waals surface area contributed by atoms with Crippen LogP contribution in [0, 0.1) is 16.0 Å². The highest BCUT2D eigenvalue weighted by Gasteiger charge is 2.39. The van der Waals surface area contributed by atoms with Crippen LogP contribution < -0.4 is 5.32 Å². The van der Waals surface area contributed by atoms with Crippen molar-refractivity contribution in [3.05, 3.63) is 39.9 Å². The summed E-state index contributed by atoms with van der Waals surface area (Å²) in [5.41, 5.74) is -0.588. The number of nitro groups is 1. The molecule has 0 heterocycles. The van der Waals surface area contributed by atoms with Crippen molar-refractivity contribution in [3.63, 3.8) is 0 Å². The highest BCUT2D eigenvalue weighted by atomic mass is 16.6. The van der Waals surface area contributed by atoms with Crippen molar-refractivity contribution < 1.29 is 14.8 Å². The highest BCUT2D eigenvalue weighted by Crippen LogP contribution is 2.39. The summed E-state index contributed by atoms with van der Waals surface area (Å²) in [5, 5.41) is 23.2. The number of aliphatic hydroxyl groups is 1. The van der Waals surface area contributed by atoms with Crippen molar-refractivity contribution in [1.29, 1.82) is 0 Å². The number of nitro benzene ring substituents is 1. The van der Waals surface area contributed by atoms with Crippen molar-refractivity contribution in [2.45, 2.75) is 25.4 Å². The van der Waals surface area contributed by atoms with E-state index in [4.69, 9.17) is 0 Å². The minimum Gasteiger partial charge on any atom is -0.388 e. The fourth-order valence-corrected chi connectivity index (χ4v) is 1.95. The number of hydrogen-bond donors (Lipinski definition) is 2. The summed E-state index contributed by atoms with van der Waals surface area (Å²) in [7, 11) is 0. The van der Waals surface area contributed by atoms with Crippen molar-refractivity contribution in [2.24, 2.45) is 5.92 Å². The molecule has 1 atom stereocenters. The van der Waals surface area contributed by atoms with Crippen LogP contribution in [0.3, 0.4) is 0 Å². The second-order valence-electron chi connectivity index (χ2n) is 5.12. The number of benzene rings is 1. The first-order chi connectivity index (χ1) is 8.90. The van der Waals surface area contributed by atoms with E-state index in [2.05, 4.69) is 5.32 Å². The maximum absolute atomic E-state index is 11.8. The first kappa shape index (κ1) is 13.5. The summed E-state index contributed by atoms with van der Waals surface area (Å²) in [6.45, 7) is 1.90. The van der Waals surface area contributed by atoms with Gasteiger partial charge in [-0.15, -0.1) is 0 Å². The molecule has 6 nitrogen and oxygen atoms in total. The molecular formula is C13H16N2O4. The molecule has 6 heteroatoms. The molecule has 2 N–H and O–H groups in total. The summed E-state index contributed by atoms with van der Waals surface area (Å²) < 4.78 is 0. The zero-order chi connectivity index (χ0) is 14.0. The molecule has 2 rings (SSSR count). The molecule has 0 saturated heterocycles. The number of carbonyl (C=O) groups excluding carboxylic acids is 1. The Labute approximate surface area is 110 Å². The molecule has 1 aliphatic rings. The molecule has 19 heavy (non-hydrogen) atoms. The van der Waals surface area contributed by atoms with E-state index < -0.39 is 10.5 Å². The smallest absolute Gasteiger partial charge is 0.269 e. The van der Waals surface area contributed by atoms with Crippen LogP contribution in [0.25, 0.3) is 0 Å². The van der Waals surface area contributed by atoms with Crippen LogP contribution in [0.4, 0.5) is 5.69 Å². The lowest BCUT2D eigenvalue weighted by atomic mass is 10.0. The quantitative estimate of drug-likeness (QED) is 0.622. The van der Waals surface area contributed by atoms with Crippen molar-refractivity contribution >= 4 is 11.6 Å². The molecule has 1 aliphatic carbocycles. The summed E-state index contributed by atoms with van der Waals surface area (Å²) in [5.74, 6) is -0.0829. The average molecular weight is 264 g/mol. The van der Waals surface area contributed by atoms with Crippen LogP contribution in [0.15, 0.2) is 24.3 Å². The summed E-state index contributed by atoms with van der Waals surface area (Å²) in [4.78, 5) is 21.8. The van der Waals surface area contributed by atoms with Gasteiger partial charge in [0, 0.05) is 24.2 Å². The van der Waals surface area contributed by atoms with Crippen LogP contribution in [0.2, 0.25) is 0 Å². The molecule has 0 aliphatic heterocycles. The van der Waals surface area contributed by atoms with E-state index in [1.165, 1.54) is 24.3 Å². The molecule has 1 unspecified atom stereocenters. The van der Waals surface area contributed by atoms with E-state index in [1.807, 2.05) is 0 Å². The minimum absolute atomic E-state index is 0.0541. The van der Waals surface area contributed by atoms with E-state index in [0.29, 0.717) is 5.56 Å². The van der Waals surface area contributed by atoms with Gasteiger partial charge in [-0.05, 0) is 37.8 Å². The predicted molar refractivity (Wildman–Crippen MR) is 68.8 cm³/mol. The number of non-ortho nitro benzene ring substituents is 1. The topological polar surface area (TPSA) is 92.5 Å². The van der Waals surface area contributed by atoms with Gasteiger partial charge in [-0.25, -0.2) is 0 Å². The summed E-state index contributed by atoms with van der Waals surface area (Å²) in [6, 6.07) is 5.38. The van der Waals surface area contributed by atoms with Crippen LogP contribution in [-0.4, -0.2) is 28.1 Å². The van der Waals surface area contributed by atoms with Crippen LogP contribution in [0.1, 0.15) is 30.1 Å². The number of nitrogens with one attached hydrogen (secondary N) is 1. The van der Waals surface area contributed by atoms with E-state index in [-0.39, 0.29) is 24.1 Å². The highest BCUT2D eigenvalue weighted by molar-refractivity contribution is 5.94. The normalized spacial score (nSPS) is 17.6. The molecular weight excluding hydrogens is 248 g/mol. The molecule has 0 bridgehead atoms. The van der Waals surface area contributed by atoms with Gasteiger partial charge in [-0.1, -0.05) is 0 Å². The number of nitrogens with zero attached hydrogens (tertiary/aromatic N) is 1. The SMILES string of the molecule is CC(O)(CNC(=O)c1ccc([N+](=O)[O-])cc1)C1CC1. The maximum atomic E-state index is 11.8. The lowest BCUT2D eigenvalue weighted by Crippen LogP contribution is -2.42. The van der Waals surface area contributed by atoms with Crippen LogP contribution in [-0.2, 0) is 0 Å². The van der Waals surface area contributed by atoms with E-state index in [9.17, 15) is 20.0 Å². The molecule has 102 valence electrons. The zero-order valence-electron chi connectivity index (χ0n) is 10.6. The third kappa shape index (κ3) is 3.29. The van der Waals surface area contributed by atoms with E-state index in [0.717, 1.165) is 12.8 Å². The molecule has 1 fully saturated rings. The largest absolute Gasteiger partial charge is 0.388 e. The van der Waals surface area contributed by atoms with Crippen molar-refractivity contribution in [2.75, 3.05) is 6.54 Å². The Morgan fingerprint density at radius 2 is 2.05 bits per heavy atom. The predicted octanol–water partition coefficient (Wildman–Crippen LogP) is 1.49. The molecule has 1 aromatic carbocycles. The minimum atomic E-state index is -0.879. The first-order valence-corrected chi connectivity index (χ1v) is 6.15. The standard InChI is InChI=1S/C13H16N2O4/c1-13(17,10-4-5-10)8-14-12(16)9-2-6-11(7-3-9)15(18)19/h2-3,6-7,10,17H,4-5,8H2,1H3,(H,14,16). The Kier molecular flexibility index (Phi) is 3.53. The zero-order valence-corrected chi connectivity index (χ0v) is 10.6. The molecule has 0 radical (unpaired) electrons. The van der Waals surface area contributed by atoms with Gasteiger partial charge in [0.25, 0.3) is 11.6 Å². The Hall–Kier alpha value is -1.95. The first-order valence-electron chi connectivity index (χ1n) is 6.15. The number of hydrogen-bond acceptors (Lipinski definition) is 4. The van der Waals surface area contributed by atoms with Gasteiger partial charge in [0.1, 0.15) is 0 Å². The lowest BCUT2D eigenvalue weighted by molar-refractivity contribution is -0.384. The van der Waals surface area contributed by atoms with Gasteiger partial charge in [-0.3, -0.25) is 14.9 Å². The van der Waals surface area contributed by atoms with Gasteiger partial charge in [0.2, 0.25) is 0 Å². The summed E-state index contributed by atoms with van der Waals surface area (Å²) >= 11 is 0. The monoisotopic (exact) mass is 264 g/mol. The Morgan fingerprint density at radius 1 is 1.47 bits per heavy atom. The second-order valence-corrected chi connectivity index (χ2v) is 5.12. The lowest BCUT2D eigenvalue weighted by Gasteiger charge is -2.23. The molecule has 0 aromatic heterocycles. The molecule has 0 spiro atoms. The Morgan fingerprint density at radius 3 is 2.53 bits per heavy atom. The van der Waals surface area contributed by atoms with Crippen LogP contribution >= 0.6 is 0 Å². The van der Waals surface area contributed by atoms with Gasteiger partial charge < -0.3 is 10.4 Å². The Balaban J connectivity index is 1.94. The number of carbonyl (C=O) groups is 1. The fraction of sp³-hybridized carbons (Fsp3) is 0.462. The third-order valence-corrected chi connectivity index (χ3v) is 3.40. The Bertz CT molecular complexity index is 492. The van der Waals surface area contributed by atoms with Gasteiger partial charge in [0.05, 0.1) is 10.5 Å².